The van der Waals surface area contributed by atoms with Gasteiger partial charge in [-0.1, -0.05) is 77.3 Å². The van der Waals surface area contributed by atoms with Crippen LogP contribution in [-0.2, 0) is 35.8 Å². The first-order chi connectivity index (χ1) is 28.1. The van der Waals surface area contributed by atoms with Crippen molar-refractivity contribution >= 4 is 57.6 Å². The van der Waals surface area contributed by atoms with Crippen LogP contribution in [0, 0.1) is 11.3 Å². The van der Waals surface area contributed by atoms with E-state index in [-0.39, 0.29) is 31.6 Å². The number of aliphatic hydroxyl groups excluding tert-OH is 1. The number of nitrogens with one attached hydrogen (secondary N) is 3. The van der Waals surface area contributed by atoms with Gasteiger partial charge in [0.15, 0.2) is 0 Å². The third-order valence-electron chi connectivity index (χ3n) is 10.0. The van der Waals surface area contributed by atoms with Crippen LogP contribution in [0.4, 0.5) is 0 Å². The summed E-state index contributed by atoms with van der Waals surface area (Å²) in [6.45, 7) is 1.17. The second-order valence-corrected chi connectivity index (χ2v) is 15.1. The number of carbonyl (C=O) groups is 2. The van der Waals surface area contributed by atoms with E-state index in [0.29, 0.717) is 62.6 Å². The molecule has 0 saturated carbocycles. The quantitative estimate of drug-likeness (QED) is 0.0675. The highest BCUT2D eigenvalue weighted by molar-refractivity contribution is 6.41. The van der Waals surface area contributed by atoms with Crippen LogP contribution in [0.3, 0.4) is 0 Å². The second-order valence-electron chi connectivity index (χ2n) is 13.9. The van der Waals surface area contributed by atoms with Crippen LogP contribution in [-0.4, -0.2) is 62.1 Å². The smallest absolute Gasteiger partial charge is 0.323 e. The topological polar surface area (TPSA) is 174 Å². The van der Waals surface area contributed by atoms with Crippen molar-refractivity contribution in [3.8, 4) is 34.1 Å². The summed E-state index contributed by atoms with van der Waals surface area (Å²) in [4.78, 5) is 27.2. The van der Waals surface area contributed by atoms with Crippen LogP contribution in [0.2, 0.25) is 15.1 Å². The van der Waals surface area contributed by atoms with Crippen LogP contribution >= 0.6 is 34.8 Å². The first-order valence-corrected chi connectivity index (χ1v) is 19.6. The van der Waals surface area contributed by atoms with Gasteiger partial charge in [-0.25, -0.2) is 0 Å². The molecule has 0 bridgehead atoms. The molecular weight excluding hydrogens is 801 g/mol. The van der Waals surface area contributed by atoms with E-state index in [1.165, 1.54) is 6.20 Å². The molecule has 1 amide bonds. The molecule has 1 aliphatic heterocycles. The molecule has 2 aromatic heterocycles. The predicted octanol–water partition coefficient (Wildman–Crippen LogP) is 7.13. The average Bonchev–Trinajstić information content (AvgIpc) is 3.84. The van der Waals surface area contributed by atoms with Gasteiger partial charge in [-0.3, -0.25) is 24.6 Å². The number of amides is 1. The Balaban J connectivity index is 1.14. The number of carboxylic acids is 1. The Labute approximate surface area is 349 Å². The van der Waals surface area contributed by atoms with Crippen molar-refractivity contribution in [3.05, 3.63) is 134 Å². The molecule has 5 N–H and O–H groups in total. The number of aromatic nitrogens is 3. The van der Waals surface area contributed by atoms with Crippen LogP contribution in [0.5, 0.6) is 5.75 Å². The Morgan fingerprint density at radius 2 is 1.81 bits per heavy atom. The van der Waals surface area contributed by atoms with Crippen molar-refractivity contribution < 1.29 is 24.5 Å². The zero-order valence-corrected chi connectivity index (χ0v) is 33.3. The Bertz CT molecular complexity index is 2520. The number of halogens is 3. The number of rotatable bonds is 16. The summed E-state index contributed by atoms with van der Waals surface area (Å²) in [5, 5.41) is 44.6. The summed E-state index contributed by atoms with van der Waals surface area (Å²) < 4.78 is 8.04. The van der Waals surface area contributed by atoms with E-state index < -0.39 is 18.6 Å². The van der Waals surface area contributed by atoms with Crippen LogP contribution in [0.25, 0.3) is 33.2 Å². The molecular formula is C43H38Cl3N7O5. The third-order valence-corrected chi connectivity index (χ3v) is 11.1. The molecule has 6 aromatic rings. The number of carboxylic acid groups (broad SMARTS) is 1. The molecule has 0 radical (unpaired) electrons. The van der Waals surface area contributed by atoms with Gasteiger partial charge in [-0.2, -0.15) is 10.4 Å². The second kappa shape index (κ2) is 18.4. The van der Waals surface area contributed by atoms with E-state index in [1.54, 1.807) is 30.6 Å². The van der Waals surface area contributed by atoms with Crippen molar-refractivity contribution in [1.82, 2.24) is 30.7 Å². The lowest BCUT2D eigenvalue weighted by Gasteiger charge is -2.18. The van der Waals surface area contributed by atoms with Crippen molar-refractivity contribution in [2.45, 2.75) is 51.2 Å². The first kappa shape index (κ1) is 40.7. The first-order valence-electron chi connectivity index (χ1n) is 18.5. The molecule has 1 fully saturated rings. The van der Waals surface area contributed by atoms with Gasteiger partial charge in [0.1, 0.15) is 24.5 Å². The fourth-order valence-electron chi connectivity index (χ4n) is 6.94. The van der Waals surface area contributed by atoms with Crippen molar-refractivity contribution in [1.29, 1.82) is 5.26 Å². The molecule has 0 spiro atoms. The summed E-state index contributed by atoms with van der Waals surface area (Å²) in [6, 6.07) is 23.9. The lowest BCUT2D eigenvalue weighted by Crippen LogP contribution is -2.39. The minimum Gasteiger partial charge on any atom is -0.489 e. The fraction of sp³-hybridized carbons (Fsp3) is 0.233. The molecule has 1 saturated heterocycles. The highest BCUT2D eigenvalue weighted by atomic mass is 35.5. The number of aliphatic hydroxyl groups is 1. The zero-order chi connectivity index (χ0) is 40.8. The van der Waals surface area contributed by atoms with Gasteiger partial charge in [-0.05, 0) is 59.0 Å². The third kappa shape index (κ3) is 9.27. The molecule has 7 rings (SSSR count). The van der Waals surface area contributed by atoms with E-state index in [1.807, 2.05) is 59.3 Å². The number of hydrogen-bond donors (Lipinski definition) is 5. The SMILES string of the molecule is N#Cc1cncc(COc2cc(Cn3ncc4c(-c5ccc(Cl)c(-c6ccc(CNCC7CCC(=O)N7)cc6)c5Cl)cccc43)c(Cl)cc2CNC(CO)C(=O)O)c1. The summed E-state index contributed by atoms with van der Waals surface area (Å²) in [5.41, 5.74) is 7.49. The minimum atomic E-state index is -1.19. The summed E-state index contributed by atoms with van der Waals surface area (Å²) in [6.07, 6.45) is 6.26. The number of ether oxygens (including phenoxy) is 1. The van der Waals surface area contributed by atoms with E-state index in [4.69, 9.17) is 44.6 Å². The standard InChI is InChI=1S/C43H38Cl3N7O5/c44-35-10-9-33(42(46)41(35)28-6-4-25(5-7-28)16-49-20-31-8-11-40(55)52-31)32-2-1-3-38-34(32)21-51-53(38)22-30-14-39(58-24-27-12-26(15-47)17-48-18-27)29(13-36(30)45)19-50-37(23-54)43(56)57/h1-7,9-10,12-14,17-18,21,31,37,49-50,54H,8,11,16,19-20,22-24H2,(H,52,55)(H,56,57). The molecule has 3 heterocycles. The number of hydrogen-bond acceptors (Lipinski definition) is 9. The Hall–Kier alpha value is -5.52. The normalized spacial score (nSPS) is 14.3. The molecule has 2 unspecified atom stereocenters. The van der Waals surface area contributed by atoms with Crippen molar-refractivity contribution in [3.63, 3.8) is 0 Å². The van der Waals surface area contributed by atoms with E-state index in [9.17, 15) is 25.1 Å². The van der Waals surface area contributed by atoms with Gasteiger partial charge < -0.3 is 25.6 Å². The van der Waals surface area contributed by atoms with Gasteiger partial charge in [0, 0.05) is 82.2 Å². The highest BCUT2D eigenvalue weighted by Crippen LogP contribution is 2.43. The van der Waals surface area contributed by atoms with Crippen LogP contribution in [0.1, 0.15) is 40.7 Å². The van der Waals surface area contributed by atoms with E-state index in [2.05, 4.69) is 27.0 Å². The number of pyridine rings is 1. The number of benzene rings is 4. The summed E-state index contributed by atoms with van der Waals surface area (Å²) >= 11 is 20.8. The van der Waals surface area contributed by atoms with Gasteiger partial charge in [-0.15, -0.1) is 0 Å². The average molecular weight is 839 g/mol. The molecule has 58 heavy (non-hydrogen) atoms. The molecule has 15 heteroatoms. The highest BCUT2D eigenvalue weighted by Gasteiger charge is 2.22. The molecule has 2 atom stereocenters. The lowest BCUT2D eigenvalue weighted by atomic mass is 9.96. The Morgan fingerprint density at radius 1 is 0.983 bits per heavy atom. The lowest BCUT2D eigenvalue weighted by molar-refractivity contribution is -0.140. The van der Waals surface area contributed by atoms with Crippen molar-refractivity contribution in [2.75, 3.05) is 13.2 Å². The minimum absolute atomic E-state index is 0.0466. The molecule has 4 aromatic carbocycles. The number of carbonyl (C=O) groups excluding carboxylic acids is 1. The predicted molar refractivity (Wildman–Crippen MR) is 223 cm³/mol. The van der Waals surface area contributed by atoms with Gasteiger partial charge >= 0.3 is 5.97 Å². The fourth-order valence-corrected chi connectivity index (χ4v) is 7.88. The number of nitrogens with zero attached hydrogens (tertiary/aromatic N) is 4. The molecule has 12 nitrogen and oxygen atoms in total. The van der Waals surface area contributed by atoms with E-state index >= 15 is 0 Å². The molecule has 296 valence electrons. The summed E-state index contributed by atoms with van der Waals surface area (Å²) in [7, 11) is 0. The monoisotopic (exact) mass is 837 g/mol. The maximum Gasteiger partial charge on any atom is 0.323 e. The maximum atomic E-state index is 11.6. The summed E-state index contributed by atoms with van der Waals surface area (Å²) in [5.74, 6) is -0.665. The largest absolute Gasteiger partial charge is 0.489 e. The van der Waals surface area contributed by atoms with Crippen molar-refractivity contribution in [2.24, 2.45) is 0 Å². The maximum absolute atomic E-state index is 11.6. The number of nitriles is 1. The zero-order valence-electron chi connectivity index (χ0n) is 31.0. The number of aliphatic carboxylic acids is 1. The van der Waals surface area contributed by atoms with Gasteiger partial charge in [0.2, 0.25) is 5.91 Å². The van der Waals surface area contributed by atoms with Gasteiger partial charge in [0.25, 0.3) is 0 Å². The Kier molecular flexibility index (Phi) is 12.9. The molecule has 1 aliphatic rings. The number of fused-ring (bicyclic) bond motifs is 1. The Morgan fingerprint density at radius 3 is 2.55 bits per heavy atom. The van der Waals surface area contributed by atoms with Gasteiger partial charge in [0.05, 0.1) is 35.5 Å². The molecule has 0 aliphatic carbocycles. The van der Waals surface area contributed by atoms with E-state index in [0.717, 1.165) is 45.1 Å². The van der Waals surface area contributed by atoms with Crippen LogP contribution in [0.15, 0.2) is 91.4 Å². The van der Waals surface area contributed by atoms with Crippen LogP contribution < -0.4 is 20.7 Å².